The van der Waals surface area contributed by atoms with Crippen molar-refractivity contribution in [3.8, 4) is 0 Å². The van der Waals surface area contributed by atoms with E-state index in [-0.39, 0.29) is 0 Å². The molecule has 0 aromatic heterocycles. The minimum atomic E-state index is -2.76. The van der Waals surface area contributed by atoms with Crippen LogP contribution in [0, 0.1) is 0 Å². The molecule has 0 atom stereocenters. The van der Waals surface area contributed by atoms with Crippen molar-refractivity contribution in [1.82, 2.24) is 0 Å². The summed E-state index contributed by atoms with van der Waals surface area (Å²) in [5.41, 5.74) is 4.38. The highest BCUT2D eigenvalue weighted by Gasteiger charge is 2.21. The SMILES string of the molecule is [2H]c1c([2H])c([2H])c(C2([2H])C([2H])([2H])OC2([2H])[2H])c(N)c1[2H]. The summed E-state index contributed by atoms with van der Waals surface area (Å²) in [5, 5.41) is 0. The molecule has 0 unspecified atom stereocenters. The Morgan fingerprint density at radius 3 is 3.09 bits per heavy atom. The molecule has 1 aliphatic rings. The topological polar surface area (TPSA) is 35.2 Å². The van der Waals surface area contributed by atoms with Gasteiger partial charge in [-0.25, -0.2) is 0 Å². The maximum absolute atomic E-state index is 8.05. The van der Waals surface area contributed by atoms with Crippen LogP contribution in [0.25, 0.3) is 0 Å². The van der Waals surface area contributed by atoms with E-state index < -0.39 is 54.4 Å². The Hall–Kier alpha value is -1.02. The van der Waals surface area contributed by atoms with Crippen molar-refractivity contribution in [2.45, 2.75) is 5.89 Å². The first kappa shape index (κ1) is 2.02. The van der Waals surface area contributed by atoms with Crippen molar-refractivity contribution in [2.75, 3.05) is 18.9 Å². The van der Waals surface area contributed by atoms with Crippen molar-refractivity contribution in [3.05, 3.63) is 29.7 Å². The molecule has 58 valence electrons. The third kappa shape index (κ3) is 1.10. The first-order chi connectivity index (χ1) is 8.88. The van der Waals surface area contributed by atoms with Crippen LogP contribution in [-0.2, 0) is 4.74 Å². The van der Waals surface area contributed by atoms with Gasteiger partial charge in [0, 0.05) is 13.0 Å². The van der Waals surface area contributed by atoms with Crippen LogP contribution in [0.5, 0.6) is 0 Å². The Labute approximate surface area is 78.6 Å². The van der Waals surface area contributed by atoms with Crippen molar-refractivity contribution < 1.29 is 17.1 Å². The Morgan fingerprint density at radius 1 is 1.64 bits per heavy atom. The molecule has 0 bridgehead atoms. The normalized spacial score (nSPS) is 41.6. The summed E-state index contributed by atoms with van der Waals surface area (Å²) in [5.74, 6) is -2.68. The minimum Gasteiger partial charge on any atom is -0.398 e. The van der Waals surface area contributed by atoms with Crippen molar-refractivity contribution in [3.63, 3.8) is 0 Å². The van der Waals surface area contributed by atoms with E-state index in [1.165, 1.54) is 0 Å². The number of benzene rings is 1. The van der Waals surface area contributed by atoms with Crippen LogP contribution in [0.2, 0.25) is 0 Å². The number of rotatable bonds is 1. The lowest BCUT2D eigenvalue weighted by atomic mass is 9.96. The lowest BCUT2D eigenvalue weighted by Crippen LogP contribution is -2.25. The second-order valence-corrected chi connectivity index (χ2v) is 1.97. The fourth-order valence-electron chi connectivity index (χ4n) is 0.723. The molecule has 1 fully saturated rings. The smallest absolute Gasteiger partial charge is 0.0645 e. The zero-order valence-corrected chi connectivity index (χ0v) is 5.49. The molecule has 0 saturated carbocycles. The lowest BCUT2D eigenvalue weighted by Gasteiger charge is -2.27. The summed E-state index contributed by atoms with van der Waals surface area (Å²) in [6.07, 6.45) is 0. The molecule has 2 rings (SSSR count). The number of para-hydroxylation sites is 1. The summed E-state index contributed by atoms with van der Waals surface area (Å²) in [4.78, 5) is 0. The Kier molecular flexibility index (Phi) is 0.467. The van der Waals surface area contributed by atoms with Gasteiger partial charge in [0.25, 0.3) is 0 Å². The monoisotopic (exact) mass is 158 g/mol. The minimum absolute atomic E-state index is 0.554. The highest BCUT2D eigenvalue weighted by Crippen LogP contribution is 2.27. The molecule has 0 radical (unpaired) electrons. The molecule has 0 amide bonds. The Morgan fingerprint density at radius 2 is 2.36 bits per heavy atom. The van der Waals surface area contributed by atoms with Crippen LogP contribution in [0.3, 0.4) is 0 Å². The van der Waals surface area contributed by atoms with E-state index in [2.05, 4.69) is 4.74 Å². The van der Waals surface area contributed by atoms with Gasteiger partial charge >= 0.3 is 0 Å². The van der Waals surface area contributed by atoms with Gasteiger partial charge in [-0.2, -0.15) is 0 Å². The molecule has 2 heteroatoms. The van der Waals surface area contributed by atoms with Gasteiger partial charge < -0.3 is 10.5 Å². The van der Waals surface area contributed by atoms with Crippen LogP contribution < -0.4 is 5.73 Å². The zero-order valence-electron chi connectivity index (χ0n) is 14.5. The van der Waals surface area contributed by atoms with Gasteiger partial charge in [-0.15, -0.1) is 0 Å². The number of nitrogen functional groups attached to an aromatic ring is 1. The molecule has 0 aliphatic carbocycles. The summed E-state index contributed by atoms with van der Waals surface area (Å²) in [6, 6.07) is -2.70. The van der Waals surface area contributed by atoms with Gasteiger partial charge in [0.2, 0.25) is 0 Å². The Balaban J connectivity index is 2.83. The third-order valence-corrected chi connectivity index (χ3v) is 1.27. The van der Waals surface area contributed by atoms with Crippen LogP contribution in [0.1, 0.15) is 23.8 Å². The van der Waals surface area contributed by atoms with Gasteiger partial charge in [0.1, 0.15) is 0 Å². The van der Waals surface area contributed by atoms with E-state index in [0.717, 1.165) is 0 Å². The predicted octanol–water partition coefficient (Wildman–Crippen LogP) is 1.38. The molecule has 2 nitrogen and oxygen atoms in total. The summed E-state index contributed by atoms with van der Waals surface area (Å²) >= 11 is 0. The maximum atomic E-state index is 8.05. The van der Waals surface area contributed by atoms with E-state index in [4.69, 9.17) is 18.1 Å². The van der Waals surface area contributed by atoms with Crippen LogP contribution in [0.15, 0.2) is 24.2 Å². The fraction of sp³-hybridized carbons (Fsp3) is 0.333. The molecular formula is C9H11NO. The number of hydrogen-bond acceptors (Lipinski definition) is 2. The Bertz CT molecular complexity index is 557. The number of hydrogen-bond donors (Lipinski definition) is 1. The lowest BCUT2D eigenvalue weighted by molar-refractivity contribution is 0.00871. The quantitative estimate of drug-likeness (QED) is 0.627. The van der Waals surface area contributed by atoms with Crippen LogP contribution in [-0.4, -0.2) is 13.1 Å². The molecular weight excluding hydrogens is 138 g/mol. The molecule has 2 N–H and O–H groups in total. The highest BCUT2D eigenvalue weighted by molar-refractivity contribution is 5.48. The van der Waals surface area contributed by atoms with Crippen molar-refractivity contribution in [1.29, 1.82) is 0 Å². The van der Waals surface area contributed by atoms with E-state index in [0.29, 0.717) is 0 Å². The van der Waals surface area contributed by atoms with E-state index >= 15 is 0 Å². The molecule has 0 spiro atoms. The second-order valence-electron chi connectivity index (χ2n) is 1.97. The van der Waals surface area contributed by atoms with E-state index in [1.54, 1.807) is 0 Å². The largest absolute Gasteiger partial charge is 0.398 e. The number of anilines is 1. The molecule has 1 aromatic rings. The van der Waals surface area contributed by atoms with E-state index in [1.807, 2.05) is 0 Å². The fourth-order valence-corrected chi connectivity index (χ4v) is 0.723. The van der Waals surface area contributed by atoms with E-state index in [9.17, 15) is 0 Å². The van der Waals surface area contributed by atoms with Gasteiger partial charge in [0.15, 0.2) is 0 Å². The summed E-state index contributed by atoms with van der Waals surface area (Å²) in [6.45, 7) is -5.52. The maximum Gasteiger partial charge on any atom is 0.0645 e. The molecule has 1 heterocycles. The molecule has 1 saturated heterocycles. The first-order valence-corrected chi connectivity index (χ1v) is 2.95. The number of nitrogens with two attached hydrogens (primary N) is 1. The average Bonchev–Trinajstić information content (AvgIpc) is 2.32. The van der Waals surface area contributed by atoms with Crippen LogP contribution >= 0.6 is 0 Å². The summed E-state index contributed by atoms with van der Waals surface area (Å²) in [7, 11) is 0. The summed E-state index contributed by atoms with van der Waals surface area (Å²) < 4.78 is 72.8. The predicted molar refractivity (Wildman–Crippen MR) is 44.4 cm³/mol. The highest BCUT2D eigenvalue weighted by atomic mass is 16.5. The van der Waals surface area contributed by atoms with Crippen molar-refractivity contribution in [2.24, 2.45) is 0 Å². The second kappa shape index (κ2) is 2.55. The average molecular weight is 158 g/mol. The standard InChI is InChI=1S/C9H11NO/c10-9-4-2-1-3-8(9)7-5-11-6-7/h1-4,7H,5-6,10H2/i1D,2D,3D,4D,5D2,6D2,7D. The zero-order chi connectivity index (χ0) is 15.7. The first-order valence-electron chi connectivity index (χ1n) is 7.45. The van der Waals surface area contributed by atoms with Gasteiger partial charge in [-0.1, -0.05) is 18.1 Å². The molecule has 1 aromatic carbocycles. The van der Waals surface area contributed by atoms with Crippen molar-refractivity contribution >= 4 is 5.69 Å². The van der Waals surface area contributed by atoms with Crippen LogP contribution in [0.4, 0.5) is 5.69 Å². The molecule has 1 aliphatic heterocycles. The van der Waals surface area contributed by atoms with Gasteiger partial charge in [0.05, 0.1) is 24.1 Å². The van der Waals surface area contributed by atoms with Gasteiger partial charge in [-0.3, -0.25) is 0 Å². The number of ether oxygens (including phenoxy) is 1. The molecule has 11 heavy (non-hydrogen) atoms. The van der Waals surface area contributed by atoms with Gasteiger partial charge in [-0.05, 0) is 11.6 Å². The third-order valence-electron chi connectivity index (χ3n) is 1.27.